The van der Waals surface area contributed by atoms with Gasteiger partial charge in [-0.2, -0.15) is 0 Å². The predicted molar refractivity (Wildman–Crippen MR) is 76.9 cm³/mol. The van der Waals surface area contributed by atoms with Gasteiger partial charge >= 0.3 is 0 Å². The van der Waals surface area contributed by atoms with Gasteiger partial charge in [0.05, 0.1) is 22.9 Å². The van der Waals surface area contributed by atoms with Crippen molar-refractivity contribution in [2.75, 3.05) is 5.32 Å². The number of anilines is 1. The standard InChI is InChI=1S/C12H9Cl2N3S/c13-8-1-2-10(14)11(5-8)15-6-9-7-17-3-4-18-12(17)16-9/h1-5,7,15H,6H2. The van der Waals surface area contributed by atoms with Gasteiger partial charge in [-0.3, -0.25) is 4.40 Å². The van der Waals surface area contributed by atoms with Gasteiger partial charge in [0.15, 0.2) is 4.96 Å². The van der Waals surface area contributed by atoms with Crippen molar-refractivity contribution >= 4 is 45.2 Å². The molecule has 0 unspecified atom stereocenters. The van der Waals surface area contributed by atoms with Gasteiger partial charge in [0.2, 0.25) is 0 Å². The van der Waals surface area contributed by atoms with Crippen LogP contribution in [0.3, 0.4) is 0 Å². The molecule has 3 nitrogen and oxygen atoms in total. The molecular weight excluding hydrogens is 289 g/mol. The molecule has 18 heavy (non-hydrogen) atoms. The van der Waals surface area contributed by atoms with Gasteiger partial charge in [0.1, 0.15) is 0 Å². The van der Waals surface area contributed by atoms with Gasteiger partial charge < -0.3 is 5.32 Å². The minimum Gasteiger partial charge on any atom is -0.378 e. The Morgan fingerprint density at radius 1 is 1.33 bits per heavy atom. The second-order valence-corrected chi connectivity index (χ2v) is 5.52. The molecule has 3 rings (SSSR count). The van der Waals surface area contributed by atoms with E-state index >= 15 is 0 Å². The number of aromatic nitrogens is 2. The zero-order chi connectivity index (χ0) is 12.5. The van der Waals surface area contributed by atoms with E-state index in [4.69, 9.17) is 23.2 Å². The maximum atomic E-state index is 6.08. The van der Waals surface area contributed by atoms with E-state index in [9.17, 15) is 0 Å². The van der Waals surface area contributed by atoms with Crippen molar-refractivity contribution in [3.8, 4) is 0 Å². The number of thiazole rings is 1. The number of hydrogen-bond donors (Lipinski definition) is 1. The first kappa shape index (κ1) is 11.8. The lowest BCUT2D eigenvalue weighted by molar-refractivity contribution is 1.08. The summed E-state index contributed by atoms with van der Waals surface area (Å²) >= 11 is 13.6. The summed E-state index contributed by atoms with van der Waals surface area (Å²) in [6, 6.07) is 5.35. The van der Waals surface area contributed by atoms with Crippen LogP contribution < -0.4 is 5.32 Å². The highest BCUT2D eigenvalue weighted by Crippen LogP contribution is 2.25. The Morgan fingerprint density at radius 2 is 2.22 bits per heavy atom. The molecule has 0 amide bonds. The molecule has 0 atom stereocenters. The lowest BCUT2D eigenvalue weighted by atomic mass is 10.3. The number of fused-ring (bicyclic) bond motifs is 1. The Hall–Kier alpha value is -1.23. The van der Waals surface area contributed by atoms with Gasteiger partial charge in [0.25, 0.3) is 0 Å². The van der Waals surface area contributed by atoms with Crippen LogP contribution in [0.4, 0.5) is 5.69 Å². The van der Waals surface area contributed by atoms with E-state index in [1.165, 1.54) is 0 Å². The molecule has 2 heterocycles. The topological polar surface area (TPSA) is 29.3 Å². The molecule has 3 aromatic rings. The summed E-state index contributed by atoms with van der Waals surface area (Å²) in [5, 5.41) is 6.55. The Morgan fingerprint density at radius 3 is 3.06 bits per heavy atom. The smallest absolute Gasteiger partial charge is 0.193 e. The molecule has 92 valence electrons. The number of rotatable bonds is 3. The van der Waals surface area contributed by atoms with Crippen molar-refractivity contribution in [3.63, 3.8) is 0 Å². The van der Waals surface area contributed by atoms with Crippen LogP contribution in [0.15, 0.2) is 36.0 Å². The largest absolute Gasteiger partial charge is 0.378 e. The van der Waals surface area contributed by atoms with E-state index in [0.29, 0.717) is 16.6 Å². The molecule has 0 bridgehead atoms. The SMILES string of the molecule is Clc1ccc(Cl)c(NCc2cn3ccsc3n2)c1. The quantitative estimate of drug-likeness (QED) is 0.780. The van der Waals surface area contributed by atoms with Crippen LogP contribution in [0.25, 0.3) is 4.96 Å². The first-order valence-corrected chi connectivity index (χ1v) is 6.96. The summed E-state index contributed by atoms with van der Waals surface area (Å²) in [5.74, 6) is 0. The summed E-state index contributed by atoms with van der Waals surface area (Å²) in [6.45, 7) is 0.620. The normalized spacial score (nSPS) is 11.0. The third-order valence-corrected chi connectivity index (χ3v) is 3.87. The molecule has 0 fully saturated rings. The number of nitrogens with one attached hydrogen (secondary N) is 1. The van der Waals surface area contributed by atoms with Crippen LogP contribution in [0.2, 0.25) is 10.0 Å². The third kappa shape index (κ3) is 2.32. The second kappa shape index (κ2) is 4.80. The van der Waals surface area contributed by atoms with Crippen molar-refractivity contribution in [1.82, 2.24) is 9.38 Å². The highest BCUT2D eigenvalue weighted by atomic mass is 35.5. The highest BCUT2D eigenvalue weighted by molar-refractivity contribution is 7.15. The second-order valence-electron chi connectivity index (χ2n) is 3.80. The summed E-state index contributed by atoms with van der Waals surface area (Å²) in [6.07, 6.45) is 3.99. The zero-order valence-corrected chi connectivity index (χ0v) is 11.6. The lowest BCUT2D eigenvalue weighted by Crippen LogP contribution is -2.00. The Bertz CT molecular complexity index is 661. The fourth-order valence-corrected chi connectivity index (χ4v) is 2.76. The third-order valence-electron chi connectivity index (χ3n) is 2.53. The van der Waals surface area contributed by atoms with E-state index in [1.807, 2.05) is 28.2 Å². The zero-order valence-electron chi connectivity index (χ0n) is 9.23. The van der Waals surface area contributed by atoms with E-state index in [-0.39, 0.29) is 0 Å². The number of benzene rings is 1. The number of imidazole rings is 1. The van der Waals surface area contributed by atoms with E-state index in [0.717, 1.165) is 16.3 Å². The molecule has 1 N–H and O–H groups in total. The van der Waals surface area contributed by atoms with Gasteiger partial charge in [-0.05, 0) is 18.2 Å². The number of hydrogen-bond acceptors (Lipinski definition) is 3. The molecule has 0 saturated carbocycles. The van der Waals surface area contributed by atoms with Crippen LogP contribution in [0, 0.1) is 0 Å². The monoisotopic (exact) mass is 297 g/mol. The summed E-state index contributed by atoms with van der Waals surface area (Å²) in [5.41, 5.74) is 1.79. The van der Waals surface area contributed by atoms with E-state index in [2.05, 4.69) is 10.3 Å². The Balaban J connectivity index is 1.77. The van der Waals surface area contributed by atoms with Gasteiger partial charge in [-0.25, -0.2) is 4.98 Å². The van der Waals surface area contributed by atoms with Crippen LogP contribution in [0.1, 0.15) is 5.69 Å². The minimum atomic E-state index is 0.620. The van der Waals surface area contributed by atoms with Crippen LogP contribution >= 0.6 is 34.5 Å². The van der Waals surface area contributed by atoms with Crippen molar-refractivity contribution in [2.45, 2.75) is 6.54 Å². The molecule has 0 saturated heterocycles. The van der Waals surface area contributed by atoms with Crippen LogP contribution in [-0.2, 0) is 6.54 Å². The van der Waals surface area contributed by atoms with Crippen molar-refractivity contribution in [2.24, 2.45) is 0 Å². The predicted octanol–water partition coefficient (Wildman–Crippen LogP) is 4.31. The molecule has 2 aromatic heterocycles. The summed E-state index contributed by atoms with van der Waals surface area (Å²) in [4.78, 5) is 5.47. The fraction of sp³-hybridized carbons (Fsp3) is 0.0833. The molecule has 0 aliphatic carbocycles. The maximum Gasteiger partial charge on any atom is 0.193 e. The lowest BCUT2D eigenvalue weighted by Gasteiger charge is -2.06. The molecule has 0 spiro atoms. The van der Waals surface area contributed by atoms with Crippen molar-refractivity contribution in [3.05, 3.63) is 51.7 Å². The molecule has 1 aromatic carbocycles. The molecular formula is C12H9Cl2N3S. The number of halogens is 2. The fourth-order valence-electron chi connectivity index (χ4n) is 1.68. The summed E-state index contributed by atoms with van der Waals surface area (Å²) in [7, 11) is 0. The first-order valence-electron chi connectivity index (χ1n) is 5.32. The molecule has 6 heteroatoms. The summed E-state index contributed by atoms with van der Waals surface area (Å²) < 4.78 is 2.00. The van der Waals surface area contributed by atoms with Crippen molar-refractivity contribution < 1.29 is 0 Å². The average Bonchev–Trinajstić information content (AvgIpc) is 2.90. The van der Waals surface area contributed by atoms with E-state index in [1.54, 1.807) is 23.5 Å². The van der Waals surface area contributed by atoms with Gasteiger partial charge in [-0.15, -0.1) is 11.3 Å². The van der Waals surface area contributed by atoms with E-state index < -0.39 is 0 Å². The highest BCUT2D eigenvalue weighted by Gasteiger charge is 2.04. The van der Waals surface area contributed by atoms with Crippen molar-refractivity contribution in [1.29, 1.82) is 0 Å². The Kier molecular flexibility index (Phi) is 3.16. The molecule has 0 radical (unpaired) electrons. The number of nitrogens with zero attached hydrogens (tertiary/aromatic N) is 2. The van der Waals surface area contributed by atoms with Gasteiger partial charge in [-0.1, -0.05) is 23.2 Å². The maximum absolute atomic E-state index is 6.08. The van der Waals surface area contributed by atoms with Gasteiger partial charge in [0, 0.05) is 22.8 Å². The Labute approximate surface area is 118 Å². The average molecular weight is 298 g/mol. The van der Waals surface area contributed by atoms with Crippen LogP contribution in [-0.4, -0.2) is 9.38 Å². The first-order chi connectivity index (χ1) is 8.72. The molecule has 0 aliphatic heterocycles. The minimum absolute atomic E-state index is 0.620. The molecule has 0 aliphatic rings. The van der Waals surface area contributed by atoms with Crippen LogP contribution in [0.5, 0.6) is 0 Å².